The molecule has 1 heterocycles. The molecule has 0 fully saturated rings. The van der Waals surface area contributed by atoms with Crippen LogP contribution in [0, 0.1) is 0 Å². The summed E-state index contributed by atoms with van der Waals surface area (Å²) < 4.78 is 0. The Hall–Kier alpha value is -0.620. The lowest BCUT2D eigenvalue weighted by molar-refractivity contribution is 0.994. The number of allylic oxidation sites excluding steroid dienone is 2. The van der Waals surface area contributed by atoms with Crippen LogP contribution in [0.3, 0.4) is 0 Å². The van der Waals surface area contributed by atoms with E-state index in [0.717, 1.165) is 8.37 Å². The minimum absolute atomic E-state index is 0.976. The van der Waals surface area contributed by atoms with Gasteiger partial charge in [0.25, 0.3) is 0 Å². The molecule has 1 rings (SSSR count). The van der Waals surface area contributed by atoms with E-state index in [-0.39, 0.29) is 0 Å². The monoisotopic (exact) mass is 112 g/mol. The molecule has 1 aliphatic heterocycles. The normalized spacial score (nSPS) is 18.3. The minimum atomic E-state index is 0.976. The Kier molecular flexibility index (Phi) is 1.64. The number of hydrogen-bond donors (Lipinski definition) is 1. The molecule has 7 heavy (non-hydrogen) atoms. The van der Waals surface area contributed by atoms with E-state index in [2.05, 4.69) is 10.3 Å². The second-order valence-electron chi connectivity index (χ2n) is 1.05. The Morgan fingerprint density at radius 1 is 1.43 bits per heavy atom. The van der Waals surface area contributed by atoms with Gasteiger partial charge in [0.05, 0.1) is 8.37 Å². The lowest BCUT2D eigenvalue weighted by Crippen LogP contribution is -1.85. The van der Waals surface area contributed by atoms with Crippen molar-refractivity contribution in [2.24, 2.45) is 4.85 Å². The average molecular weight is 112 g/mol. The molecule has 0 saturated heterocycles. The highest BCUT2D eigenvalue weighted by Gasteiger charge is 1.69. The molecule has 0 amide bonds. The van der Waals surface area contributed by atoms with Crippen molar-refractivity contribution in [1.82, 2.24) is 5.43 Å². The SMILES string of the molecule is C1=CNN=PC=C1. The average Bonchev–Trinajstić information content (AvgIpc) is 1.90. The fraction of sp³-hybridized carbons (Fsp3) is 0. The predicted molar refractivity (Wildman–Crippen MR) is 30.8 cm³/mol. The summed E-state index contributed by atoms with van der Waals surface area (Å²) in [6.07, 6.45) is 5.64. The van der Waals surface area contributed by atoms with E-state index in [1.807, 2.05) is 18.0 Å². The highest BCUT2D eigenvalue weighted by atomic mass is 31.1. The smallest absolute Gasteiger partial charge is 0.0606 e. The Bertz CT molecular complexity index is 112. The molecular formula is C4H5N2P. The third-order valence-corrected chi connectivity index (χ3v) is 1.09. The van der Waals surface area contributed by atoms with Gasteiger partial charge < -0.3 is 0 Å². The van der Waals surface area contributed by atoms with Gasteiger partial charge in [-0.25, -0.2) is 0 Å². The maximum Gasteiger partial charge on any atom is 0.0606 e. The van der Waals surface area contributed by atoms with Crippen LogP contribution in [-0.4, -0.2) is 0 Å². The number of nitrogens with one attached hydrogen (secondary N) is 1. The van der Waals surface area contributed by atoms with Crippen LogP contribution in [0.25, 0.3) is 0 Å². The van der Waals surface area contributed by atoms with E-state index in [4.69, 9.17) is 0 Å². The molecule has 0 bridgehead atoms. The fourth-order valence-corrected chi connectivity index (χ4v) is 0.663. The largest absolute Gasteiger partial charge is 0.282 e. The fourth-order valence-electron chi connectivity index (χ4n) is 0.287. The number of rotatable bonds is 0. The molecule has 1 aliphatic rings. The Morgan fingerprint density at radius 3 is 3.43 bits per heavy atom. The second-order valence-corrected chi connectivity index (χ2v) is 1.77. The summed E-state index contributed by atoms with van der Waals surface area (Å²) in [5, 5.41) is 0. The first kappa shape index (κ1) is 4.54. The van der Waals surface area contributed by atoms with E-state index in [9.17, 15) is 0 Å². The standard InChI is InChI=1S/C4H5N2P/c1-2-4-7-6-5-3-1/h1-5H. The molecule has 3 heteroatoms. The summed E-state index contributed by atoms with van der Waals surface area (Å²) in [6.45, 7) is 0. The lowest BCUT2D eigenvalue weighted by atomic mass is 10.6. The molecule has 0 unspecified atom stereocenters. The van der Waals surface area contributed by atoms with Crippen LogP contribution in [0.4, 0.5) is 0 Å². The highest BCUT2D eigenvalue weighted by molar-refractivity contribution is 7.30. The zero-order valence-corrected chi connectivity index (χ0v) is 4.60. The van der Waals surface area contributed by atoms with Crippen LogP contribution in [0.1, 0.15) is 0 Å². The highest BCUT2D eigenvalue weighted by Crippen LogP contribution is 2.00. The van der Waals surface area contributed by atoms with Crippen LogP contribution < -0.4 is 5.43 Å². The van der Waals surface area contributed by atoms with E-state index in [1.54, 1.807) is 6.20 Å². The quantitative estimate of drug-likeness (QED) is 0.473. The summed E-state index contributed by atoms with van der Waals surface area (Å²) in [5.41, 5.74) is 2.72. The molecule has 0 aromatic rings. The van der Waals surface area contributed by atoms with Gasteiger partial charge in [0.1, 0.15) is 0 Å². The summed E-state index contributed by atoms with van der Waals surface area (Å²) in [4.78, 5) is 3.82. The molecule has 0 spiro atoms. The van der Waals surface area contributed by atoms with Crippen molar-refractivity contribution in [2.45, 2.75) is 0 Å². The zero-order valence-electron chi connectivity index (χ0n) is 3.70. The van der Waals surface area contributed by atoms with Crippen molar-refractivity contribution in [3.63, 3.8) is 0 Å². The molecule has 36 valence electrons. The van der Waals surface area contributed by atoms with Gasteiger partial charge in [-0.2, -0.15) is 4.85 Å². The second kappa shape index (κ2) is 2.54. The number of nitrogens with zero attached hydrogens (tertiary/aromatic N) is 1. The van der Waals surface area contributed by atoms with Crippen molar-refractivity contribution in [1.29, 1.82) is 0 Å². The van der Waals surface area contributed by atoms with Crippen LogP contribution in [0.2, 0.25) is 0 Å². The molecule has 0 atom stereocenters. The Labute approximate surface area is 43.8 Å². The summed E-state index contributed by atoms with van der Waals surface area (Å²) in [7, 11) is 0.976. The van der Waals surface area contributed by atoms with Gasteiger partial charge in [0.2, 0.25) is 0 Å². The van der Waals surface area contributed by atoms with Gasteiger partial charge in [0, 0.05) is 6.20 Å². The first-order valence-corrected chi connectivity index (χ1v) is 2.89. The molecule has 2 nitrogen and oxygen atoms in total. The van der Waals surface area contributed by atoms with Crippen molar-refractivity contribution in [2.75, 3.05) is 0 Å². The molecule has 0 saturated carbocycles. The van der Waals surface area contributed by atoms with Gasteiger partial charge in [-0.05, 0) is 11.9 Å². The van der Waals surface area contributed by atoms with Crippen LogP contribution >= 0.6 is 8.37 Å². The van der Waals surface area contributed by atoms with E-state index < -0.39 is 0 Å². The minimum Gasteiger partial charge on any atom is -0.282 e. The summed E-state index contributed by atoms with van der Waals surface area (Å²) in [5.74, 6) is 1.95. The number of hydrogen-bond acceptors (Lipinski definition) is 2. The maximum absolute atomic E-state index is 3.82. The van der Waals surface area contributed by atoms with Gasteiger partial charge >= 0.3 is 0 Å². The third kappa shape index (κ3) is 1.51. The van der Waals surface area contributed by atoms with E-state index >= 15 is 0 Å². The van der Waals surface area contributed by atoms with E-state index in [1.165, 1.54) is 0 Å². The summed E-state index contributed by atoms with van der Waals surface area (Å²) in [6, 6.07) is 0. The topological polar surface area (TPSA) is 24.4 Å². The molecule has 0 aromatic carbocycles. The maximum atomic E-state index is 3.82. The molecule has 0 radical (unpaired) electrons. The van der Waals surface area contributed by atoms with Crippen molar-refractivity contribution in [3.05, 3.63) is 24.2 Å². The van der Waals surface area contributed by atoms with Crippen molar-refractivity contribution in [3.8, 4) is 0 Å². The molecule has 1 N–H and O–H groups in total. The van der Waals surface area contributed by atoms with Gasteiger partial charge in [-0.15, -0.1) is 0 Å². The van der Waals surface area contributed by atoms with Crippen LogP contribution in [0.5, 0.6) is 0 Å². The molecule has 0 aliphatic carbocycles. The van der Waals surface area contributed by atoms with Gasteiger partial charge in [-0.1, -0.05) is 6.08 Å². The van der Waals surface area contributed by atoms with Gasteiger partial charge in [0.15, 0.2) is 0 Å². The first-order valence-electron chi connectivity index (χ1n) is 1.97. The lowest BCUT2D eigenvalue weighted by Gasteiger charge is -1.77. The third-order valence-electron chi connectivity index (χ3n) is 0.550. The van der Waals surface area contributed by atoms with Crippen LogP contribution in [0.15, 0.2) is 29.0 Å². The zero-order chi connectivity index (χ0) is 4.95. The molecular weight excluding hydrogens is 107 g/mol. The first-order chi connectivity index (χ1) is 3.50. The predicted octanol–water partition coefficient (Wildman–Crippen LogP) is 1.66. The Balaban J connectivity index is 2.60. The van der Waals surface area contributed by atoms with Gasteiger partial charge in [-0.3, -0.25) is 5.43 Å². The van der Waals surface area contributed by atoms with Crippen molar-refractivity contribution < 1.29 is 0 Å². The molecule has 0 aromatic heterocycles. The van der Waals surface area contributed by atoms with E-state index in [0.29, 0.717) is 0 Å². The van der Waals surface area contributed by atoms with Crippen molar-refractivity contribution >= 4 is 8.37 Å². The summed E-state index contributed by atoms with van der Waals surface area (Å²) >= 11 is 0. The Morgan fingerprint density at radius 2 is 2.43 bits per heavy atom. The van der Waals surface area contributed by atoms with Crippen LogP contribution in [-0.2, 0) is 0 Å².